The summed E-state index contributed by atoms with van der Waals surface area (Å²) >= 11 is 0. The van der Waals surface area contributed by atoms with E-state index in [1.54, 1.807) is 0 Å². The maximum absolute atomic E-state index is 12.8. The van der Waals surface area contributed by atoms with Crippen LogP contribution in [-0.2, 0) is 28.6 Å². The molecule has 0 saturated carbocycles. The molecule has 0 aliphatic carbocycles. The van der Waals surface area contributed by atoms with E-state index in [-0.39, 0.29) is 31.1 Å². The van der Waals surface area contributed by atoms with Crippen LogP contribution in [0, 0.1) is 0 Å². The highest BCUT2D eigenvalue weighted by atomic mass is 16.6. The van der Waals surface area contributed by atoms with E-state index in [9.17, 15) is 14.4 Å². The molecule has 0 heterocycles. The van der Waals surface area contributed by atoms with Crippen LogP contribution >= 0.6 is 0 Å². The predicted molar refractivity (Wildman–Crippen MR) is 256 cm³/mol. The molecular weight excluding hydrogens is 745 g/mol. The van der Waals surface area contributed by atoms with Gasteiger partial charge in [-0.15, -0.1) is 0 Å². The topological polar surface area (TPSA) is 78.9 Å². The number of ether oxygens (including phenoxy) is 3. The van der Waals surface area contributed by atoms with Crippen LogP contribution in [0.1, 0.15) is 258 Å². The van der Waals surface area contributed by atoms with Gasteiger partial charge in [-0.2, -0.15) is 0 Å². The Morgan fingerprint density at radius 3 is 1.00 bits per heavy atom. The van der Waals surface area contributed by atoms with Crippen molar-refractivity contribution in [2.75, 3.05) is 13.2 Å². The van der Waals surface area contributed by atoms with Gasteiger partial charge in [0.1, 0.15) is 13.2 Å². The van der Waals surface area contributed by atoms with Crippen LogP contribution < -0.4 is 0 Å². The fraction of sp³-hybridized carbons (Fsp3) is 0.796. The van der Waals surface area contributed by atoms with E-state index in [1.807, 2.05) is 0 Å². The van der Waals surface area contributed by atoms with Gasteiger partial charge >= 0.3 is 17.9 Å². The molecule has 0 N–H and O–H groups in total. The first-order valence-corrected chi connectivity index (χ1v) is 25.6. The molecule has 0 aromatic carbocycles. The summed E-state index contributed by atoms with van der Waals surface area (Å²) in [7, 11) is 0. The van der Waals surface area contributed by atoms with Crippen molar-refractivity contribution in [2.24, 2.45) is 0 Å². The van der Waals surface area contributed by atoms with Gasteiger partial charge in [0.05, 0.1) is 0 Å². The minimum atomic E-state index is -0.779. The van der Waals surface area contributed by atoms with Crippen molar-refractivity contribution in [1.29, 1.82) is 0 Å². The molecule has 1 atom stereocenters. The summed E-state index contributed by atoms with van der Waals surface area (Å²) in [5, 5.41) is 0. The Morgan fingerprint density at radius 1 is 0.350 bits per heavy atom. The molecule has 0 aliphatic rings. The minimum absolute atomic E-state index is 0.0787. The summed E-state index contributed by atoms with van der Waals surface area (Å²) < 4.78 is 16.8. The number of allylic oxidation sites excluding steroid dienone is 8. The molecule has 0 saturated heterocycles. The molecular formula is C54H96O6. The Morgan fingerprint density at radius 2 is 0.650 bits per heavy atom. The fourth-order valence-corrected chi connectivity index (χ4v) is 7.28. The van der Waals surface area contributed by atoms with Gasteiger partial charge in [0.15, 0.2) is 6.10 Å². The highest BCUT2D eigenvalue weighted by Gasteiger charge is 2.19. The minimum Gasteiger partial charge on any atom is -0.462 e. The third kappa shape index (κ3) is 46.4. The molecule has 0 fully saturated rings. The Bertz CT molecular complexity index is 1060. The Balaban J connectivity index is 4.36. The first kappa shape index (κ1) is 57.4. The lowest BCUT2D eigenvalue weighted by molar-refractivity contribution is -0.167. The molecule has 60 heavy (non-hydrogen) atoms. The fourth-order valence-electron chi connectivity index (χ4n) is 7.28. The maximum Gasteiger partial charge on any atom is 0.306 e. The van der Waals surface area contributed by atoms with Gasteiger partial charge in [0.25, 0.3) is 0 Å². The Hall–Kier alpha value is -2.63. The zero-order valence-corrected chi connectivity index (χ0v) is 39.7. The maximum atomic E-state index is 12.8. The predicted octanol–water partition coefficient (Wildman–Crippen LogP) is 16.7. The van der Waals surface area contributed by atoms with E-state index >= 15 is 0 Å². The van der Waals surface area contributed by atoms with Crippen molar-refractivity contribution in [3.63, 3.8) is 0 Å². The van der Waals surface area contributed by atoms with Crippen LogP contribution in [0.25, 0.3) is 0 Å². The molecule has 0 aliphatic heterocycles. The van der Waals surface area contributed by atoms with Crippen molar-refractivity contribution < 1.29 is 28.6 Å². The number of hydrogen-bond acceptors (Lipinski definition) is 6. The SMILES string of the molecule is CC/C=C\C/C=C\CCCCCCCCCC(=O)OC(COC(=O)CCCCCCC/C=C\C/C=C\CC)COC(=O)CCCCCCCCCCCCCCCCCC. The third-order valence-electron chi connectivity index (χ3n) is 11.1. The highest BCUT2D eigenvalue weighted by Crippen LogP contribution is 2.16. The van der Waals surface area contributed by atoms with Crippen molar-refractivity contribution in [3.05, 3.63) is 48.6 Å². The zero-order valence-electron chi connectivity index (χ0n) is 39.7. The summed E-state index contributed by atoms with van der Waals surface area (Å²) in [4.78, 5) is 37.9. The molecule has 0 spiro atoms. The van der Waals surface area contributed by atoms with Crippen molar-refractivity contribution in [1.82, 2.24) is 0 Å². The standard InChI is InChI=1S/C54H96O6/c1-4-7-10-13-16-19-22-25-27-28-30-32-35-38-41-44-47-53(56)59-50-51(49-58-52(55)46-43-40-37-34-31-24-21-18-15-12-9-6-3)60-54(57)48-45-42-39-36-33-29-26-23-20-17-14-11-8-5-2/h8-9,11-12,17-18,20-21,51H,4-7,10,13-16,19,22-50H2,1-3H3/b11-8-,12-9-,20-17-,21-18-. The van der Waals surface area contributed by atoms with Gasteiger partial charge in [0, 0.05) is 19.3 Å². The molecule has 0 amide bonds. The largest absolute Gasteiger partial charge is 0.462 e. The van der Waals surface area contributed by atoms with Crippen LogP contribution in [0.4, 0.5) is 0 Å². The van der Waals surface area contributed by atoms with Gasteiger partial charge in [-0.05, 0) is 70.6 Å². The zero-order chi connectivity index (χ0) is 43.7. The van der Waals surface area contributed by atoms with Crippen LogP contribution in [0.2, 0.25) is 0 Å². The summed E-state index contributed by atoms with van der Waals surface area (Å²) in [6, 6.07) is 0. The first-order valence-electron chi connectivity index (χ1n) is 25.6. The smallest absolute Gasteiger partial charge is 0.306 e. The average molecular weight is 841 g/mol. The van der Waals surface area contributed by atoms with Crippen LogP contribution in [-0.4, -0.2) is 37.2 Å². The number of hydrogen-bond donors (Lipinski definition) is 0. The number of rotatable bonds is 46. The van der Waals surface area contributed by atoms with Crippen molar-refractivity contribution in [2.45, 2.75) is 264 Å². The lowest BCUT2D eigenvalue weighted by atomic mass is 10.0. The monoisotopic (exact) mass is 841 g/mol. The van der Waals surface area contributed by atoms with Crippen molar-refractivity contribution in [3.8, 4) is 0 Å². The molecule has 0 bridgehead atoms. The van der Waals surface area contributed by atoms with E-state index in [1.165, 1.54) is 116 Å². The molecule has 0 aromatic heterocycles. The Kier molecular flexibility index (Phi) is 46.9. The summed E-state index contributed by atoms with van der Waals surface area (Å²) in [6.45, 7) is 6.42. The van der Waals surface area contributed by atoms with E-state index < -0.39 is 6.10 Å². The number of unbranched alkanes of at least 4 members (excludes halogenated alkanes) is 27. The second-order valence-corrected chi connectivity index (χ2v) is 17.0. The number of carbonyl (C=O) groups excluding carboxylic acids is 3. The number of esters is 3. The van der Waals surface area contributed by atoms with Gasteiger partial charge in [-0.1, -0.05) is 217 Å². The highest BCUT2D eigenvalue weighted by molar-refractivity contribution is 5.71. The van der Waals surface area contributed by atoms with E-state index in [0.29, 0.717) is 19.3 Å². The third-order valence-corrected chi connectivity index (χ3v) is 11.1. The lowest BCUT2D eigenvalue weighted by Crippen LogP contribution is -2.30. The average Bonchev–Trinajstić information content (AvgIpc) is 3.24. The number of carbonyl (C=O) groups is 3. The van der Waals surface area contributed by atoms with E-state index in [0.717, 1.165) is 103 Å². The Labute approximate surface area is 371 Å². The van der Waals surface area contributed by atoms with Crippen LogP contribution in [0.15, 0.2) is 48.6 Å². The van der Waals surface area contributed by atoms with Crippen LogP contribution in [0.3, 0.4) is 0 Å². The normalized spacial score (nSPS) is 12.4. The molecule has 1 unspecified atom stereocenters. The van der Waals surface area contributed by atoms with E-state index in [2.05, 4.69) is 69.4 Å². The van der Waals surface area contributed by atoms with Crippen LogP contribution in [0.5, 0.6) is 0 Å². The molecule has 348 valence electrons. The van der Waals surface area contributed by atoms with E-state index in [4.69, 9.17) is 14.2 Å². The van der Waals surface area contributed by atoms with Gasteiger partial charge in [-0.25, -0.2) is 0 Å². The van der Waals surface area contributed by atoms with Crippen molar-refractivity contribution >= 4 is 17.9 Å². The summed E-state index contributed by atoms with van der Waals surface area (Å²) in [5.41, 5.74) is 0. The lowest BCUT2D eigenvalue weighted by Gasteiger charge is -2.18. The molecule has 0 aromatic rings. The quantitative estimate of drug-likeness (QED) is 0.0263. The summed E-state index contributed by atoms with van der Waals surface area (Å²) in [5.74, 6) is -0.895. The summed E-state index contributed by atoms with van der Waals surface area (Å²) in [6.07, 6.45) is 58.1. The molecule has 6 heteroatoms. The molecule has 6 nitrogen and oxygen atoms in total. The first-order chi connectivity index (χ1) is 29.5. The second-order valence-electron chi connectivity index (χ2n) is 17.0. The molecule has 0 radical (unpaired) electrons. The van der Waals surface area contributed by atoms with Gasteiger partial charge < -0.3 is 14.2 Å². The van der Waals surface area contributed by atoms with Gasteiger partial charge in [-0.3, -0.25) is 14.4 Å². The molecule has 0 rings (SSSR count). The second kappa shape index (κ2) is 49.0. The van der Waals surface area contributed by atoms with Gasteiger partial charge in [0.2, 0.25) is 0 Å².